The van der Waals surface area contributed by atoms with Gasteiger partial charge in [-0.2, -0.15) is 0 Å². The van der Waals surface area contributed by atoms with E-state index in [1.807, 2.05) is 18.6 Å². The quantitative estimate of drug-likeness (QED) is 0.602. The molecule has 2 N–H and O–H groups in total. The normalized spacial score (nSPS) is 11.7. The number of hydrogen-bond donors (Lipinski definition) is 2. The van der Waals surface area contributed by atoms with Crippen LogP contribution in [0.2, 0.25) is 0 Å². The number of nitrogens with one attached hydrogen (secondary N) is 2. The van der Waals surface area contributed by atoms with Crippen LogP contribution in [0.4, 0.5) is 0 Å². The third kappa shape index (κ3) is 5.06. The zero-order chi connectivity index (χ0) is 15.8. The third-order valence-corrected chi connectivity index (χ3v) is 5.27. The van der Waals surface area contributed by atoms with Crippen LogP contribution in [0.3, 0.4) is 0 Å². The number of thiazole rings is 2. The molecule has 0 atom stereocenters. The molecule has 2 rings (SSSR count). The molecule has 5 nitrogen and oxygen atoms in total. The zero-order valence-corrected chi connectivity index (χ0v) is 15.0. The van der Waals surface area contributed by atoms with Crippen molar-refractivity contribution in [2.75, 3.05) is 13.1 Å². The molecule has 120 valence electrons. The predicted molar refractivity (Wildman–Crippen MR) is 94.9 cm³/mol. The van der Waals surface area contributed by atoms with Crippen LogP contribution in [0.15, 0.2) is 16.7 Å². The lowest BCUT2D eigenvalue weighted by molar-refractivity contribution is 0.797. The molecule has 0 bridgehead atoms. The van der Waals surface area contributed by atoms with E-state index in [9.17, 15) is 0 Å². The molecule has 0 saturated heterocycles. The predicted octanol–water partition coefficient (Wildman–Crippen LogP) is 2.77. The largest absolute Gasteiger partial charge is 0.357 e. The van der Waals surface area contributed by atoms with E-state index < -0.39 is 0 Å². The van der Waals surface area contributed by atoms with Gasteiger partial charge in [-0.3, -0.25) is 0 Å². The highest BCUT2D eigenvalue weighted by Crippen LogP contribution is 2.14. The Morgan fingerprint density at radius 2 is 2.14 bits per heavy atom. The van der Waals surface area contributed by atoms with Crippen LogP contribution in [0, 0.1) is 6.92 Å². The van der Waals surface area contributed by atoms with Gasteiger partial charge in [0, 0.05) is 35.5 Å². The molecule has 2 aromatic rings. The Balaban J connectivity index is 1.84. The lowest BCUT2D eigenvalue weighted by Crippen LogP contribution is -2.38. The van der Waals surface area contributed by atoms with Gasteiger partial charge < -0.3 is 10.6 Å². The summed E-state index contributed by atoms with van der Waals surface area (Å²) in [5.74, 6) is 0.850. The van der Waals surface area contributed by atoms with Gasteiger partial charge in [-0.15, -0.1) is 22.7 Å². The highest BCUT2D eigenvalue weighted by atomic mass is 32.1. The molecule has 7 heteroatoms. The molecule has 0 aromatic carbocycles. The highest BCUT2D eigenvalue weighted by Gasteiger charge is 2.03. The van der Waals surface area contributed by atoms with Crippen molar-refractivity contribution in [2.45, 2.75) is 40.2 Å². The molecule has 2 heterocycles. The minimum Gasteiger partial charge on any atom is -0.357 e. The Hall–Kier alpha value is -1.47. The second kappa shape index (κ2) is 8.85. The van der Waals surface area contributed by atoms with Crippen molar-refractivity contribution in [1.82, 2.24) is 20.6 Å². The van der Waals surface area contributed by atoms with Crippen LogP contribution in [0.25, 0.3) is 0 Å². The summed E-state index contributed by atoms with van der Waals surface area (Å²) in [6.45, 7) is 8.61. The van der Waals surface area contributed by atoms with Gasteiger partial charge in [0.15, 0.2) is 5.96 Å². The second-order valence-electron chi connectivity index (χ2n) is 4.81. The number of aryl methyl sites for hydroxylation is 2. The van der Waals surface area contributed by atoms with Crippen LogP contribution in [0.5, 0.6) is 0 Å². The molecule has 0 spiro atoms. The van der Waals surface area contributed by atoms with E-state index >= 15 is 0 Å². The number of aliphatic imine (C=N–C) groups is 1. The van der Waals surface area contributed by atoms with Crippen LogP contribution in [-0.2, 0) is 19.4 Å². The van der Waals surface area contributed by atoms with Crippen LogP contribution < -0.4 is 10.6 Å². The van der Waals surface area contributed by atoms with Gasteiger partial charge >= 0.3 is 0 Å². The van der Waals surface area contributed by atoms with Crippen LogP contribution >= 0.6 is 22.7 Å². The van der Waals surface area contributed by atoms with Crippen LogP contribution in [-0.4, -0.2) is 29.0 Å². The summed E-state index contributed by atoms with van der Waals surface area (Å²) in [5, 5.41) is 7.82. The summed E-state index contributed by atoms with van der Waals surface area (Å²) in [6.07, 6.45) is 3.96. The molecule has 0 fully saturated rings. The first kappa shape index (κ1) is 16.9. The molecular formula is C15H23N5S2. The summed E-state index contributed by atoms with van der Waals surface area (Å²) in [6, 6.07) is 0. The van der Waals surface area contributed by atoms with Crippen molar-refractivity contribution in [2.24, 2.45) is 4.99 Å². The Labute approximate surface area is 139 Å². The number of aromatic nitrogens is 2. The maximum atomic E-state index is 4.62. The van der Waals surface area contributed by atoms with Crippen LogP contribution in [0.1, 0.15) is 34.3 Å². The second-order valence-corrected chi connectivity index (χ2v) is 6.95. The van der Waals surface area contributed by atoms with Gasteiger partial charge in [0.25, 0.3) is 0 Å². The Morgan fingerprint density at radius 1 is 1.27 bits per heavy atom. The Morgan fingerprint density at radius 3 is 2.77 bits per heavy atom. The number of nitrogens with zero attached hydrogens (tertiary/aromatic N) is 3. The number of rotatable bonds is 7. The highest BCUT2D eigenvalue weighted by molar-refractivity contribution is 7.11. The summed E-state index contributed by atoms with van der Waals surface area (Å²) in [5.41, 5.74) is 2.94. The molecule has 0 aliphatic rings. The fourth-order valence-electron chi connectivity index (χ4n) is 1.89. The smallest absolute Gasteiger partial charge is 0.191 e. The van der Waals surface area contributed by atoms with Crippen molar-refractivity contribution in [3.05, 3.63) is 32.2 Å². The average Bonchev–Trinajstić information content (AvgIpc) is 3.13. The minimum atomic E-state index is 0.670. The SMILES string of the molecule is CCNC(=NCc1scnc1C)NCCc1ncc(CC)s1. The summed E-state index contributed by atoms with van der Waals surface area (Å²) in [4.78, 5) is 15.9. The molecule has 0 radical (unpaired) electrons. The topological polar surface area (TPSA) is 62.2 Å². The molecule has 0 unspecified atom stereocenters. The lowest BCUT2D eigenvalue weighted by Gasteiger charge is -2.10. The average molecular weight is 338 g/mol. The van der Waals surface area contributed by atoms with Crippen molar-refractivity contribution < 1.29 is 0 Å². The molecule has 2 aromatic heterocycles. The lowest BCUT2D eigenvalue weighted by atomic mass is 10.4. The molecular weight excluding hydrogens is 314 g/mol. The fourth-order valence-corrected chi connectivity index (χ4v) is 3.45. The summed E-state index contributed by atoms with van der Waals surface area (Å²) >= 11 is 3.45. The zero-order valence-electron chi connectivity index (χ0n) is 13.3. The maximum Gasteiger partial charge on any atom is 0.191 e. The van der Waals surface area contributed by atoms with E-state index in [2.05, 4.69) is 39.4 Å². The summed E-state index contributed by atoms with van der Waals surface area (Å²) < 4.78 is 0. The first-order valence-electron chi connectivity index (χ1n) is 7.57. The Bertz CT molecular complexity index is 603. The molecule has 0 aliphatic carbocycles. The van der Waals surface area contributed by atoms with E-state index in [1.54, 1.807) is 22.7 Å². The maximum absolute atomic E-state index is 4.62. The van der Waals surface area contributed by atoms with Gasteiger partial charge in [0.05, 0.1) is 22.8 Å². The van der Waals surface area contributed by atoms with Gasteiger partial charge in [-0.25, -0.2) is 15.0 Å². The van der Waals surface area contributed by atoms with E-state index in [1.165, 1.54) is 14.8 Å². The van der Waals surface area contributed by atoms with Gasteiger partial charge in [0.1, 0.15) is 0 Å². The van der Waals surface area contributed by atoms with Crippen molar-refractivity contribution in [3.8, 4) is 0 Å². The first-order chi connectivity index (χ1) is 10.7. The molecule has 0 saturated carbocycles. The van der Waals surface area contributed by atoms with E-state index in [-0.39, 0.29) is 0 Å². The number of hydrogen-bond acceptors (Lipinski definition) is 5. The van der Waals surface area contributed by atoms with E-state index in [0.29, 0.717) is 6.54 Å². The van der Waals surface area contributed by atoms with E-state index in [4.69, 9.17) is 0 Å². The van der Waals surface area contributed by atoms with E-state index in [0.717, 1.165) is 37.6 Å². The third-order valence-electron chi connectivity index (χ3n) is 3.15. The van der Waals surface area contributed by atoms with Crippen molar-refractivity contribution in [1.29, 1.82) is 0 Å². The standard InChI is InChI=1S/C15H23N5S2/c1-4-12-8-18-14(22-12)6-7-17-15(16-5-2)19-9-13-11(3)20-10-21-13/h8,10H,4-7,9H2,1-3H3,(H2,16,17,19). The molecule has 0 amide bonds. The van der Waals surface area contributed by atoms with Crippen molar-refractivity contribution >= 4 is 28.6 Å². The van der Waals surface area contributed by atoms with Crippen molar-refractivity contribution in [3.63, 3.8) is 0 Å². The number of guanidine groups is 1. The molecule has 0 aliphatic heterocycles. The Kier molecular flexibility index (Phi) is 6.79. The fraction of sp³-hybridized carbons (Fsp3) is 0.533. The molecule has 22 heavy (non-hydrogen) atoms. The first-order valence-corrected chi connectivity index (χ1v) is 9.27. The minimum absolute atomic E-state index is 0.670. The van der Waals surface area contributed by atoms with Gasteiger partial charge in [-0.1, -0.05) is 6.92 Å². The van der Waals surface area contributed by atoms with Gasteiger partial charge in [0.2, 0.25) is 0 Å². The summed E-state index contributed by atoms with van der Waals surface area (Å²) in [7, 11) is 0. The monoisotopic (exact) mass is 337 g/mol. The van der Waals surface area contributed by atoms with Gasteiger partial charge in [-0.05, 0) is 20.3 Å².